The average Bonchev–Trinajstić information content (AvgIpc) is 2.63. The van der Waals surface area contributed by atoms with Gasteiger partial charge in [0, 0.05) is 30.4 Å². The molecular weight excluding hydrogens is 319 g/mol. The van der Waals surface area contributed by atoms with Crippen molar-refractivity contribution in [2.75, 3.05) is 19.6 Å². The van der Waals surface area contributed by atoms with Crippen LogP contribution >= 0.6 is 0 Å². The number of amides is 1. The van der Waals surface area contributed by atoms with Crippen molar-refractivity contribution in [1.29, 1.82) is 0 Å². The van der Waals surface area contributed by atoms with Gasteiger partial charge in [0.05, 0.1) is 13.1 Å². The lowest BCUT2D eigenvalue weighted by Crippen LogP contribution is -3.14. The van der Waals surface area contributed by atoms with Crippen LogP contribution in [-0.4, -0.2) is 37.4 Å². The van der Waals surface area contributed by atoms with Crippen LogP contribution < -0.4 is 10.2 Å². The summed E-state index contributed by atoms with van der Waals surface area (Å²) in [6.45, 7) is 2.19. The summed E-state index contributed by atoms with van der Waals surface area (Å²) < 4.78 is 13.0. The number of likely N-dealkylation sites (tertiary alicyclic amines) is 1. The number of carbonyl (C=O) groups is 2. The SMILES string of the molecule is O=C(C[NH+]1CCC(C(=O)c2ccc(F)cc2)CC1)NC1CCCCC1. The molecule has 2 N–H and O–H groups in total. The van der Waals surface area contributed by atoms with Crippen molar-refractivity contribution in [2.24, 2.45) is 5.92 Å². The van der Waals surface area contributed by atoms with Crippen LogP contribution in [0.3, 0.4) is 0 Å². The van der Waals surface area contributed by atoms with Gasteiger partial charge in [0.2, 0.25) is 0 Å². The van der Waals surface area contributed by atoms with Crippen LogP contribution in [0.4, 0.5) is 4.39 Å². The van der Waals surface area contributed by atoms with Gasteiger partial charge in [-0.3, -0.25) is 9.59 Å². The number of hydrogen-bond acceptors (Lipinski definition) is 2. The van der Waals surface area contributed by atoms with Gasteiger partial charge in [-0.15, -0.1) is 0 Å². The fraction of sp³-hybridized carbons (Fsp3) is 0.600. The Balaban J connectivity index is 1.42. The fourth-order valence-electron chi connectivity index (χ4n) is 4.07. The quantitative estimate of drug-likeness (QED) is 0.798. The molecule has 1 heterocycles. The van der Waals surface area contributed by atoms with E-state index >= 15 is 0 Å². The number of halogens is 1. The van der Waals surface area contributed by atoms with Gasteiger partial charge in [-0.05, 0) is 37.1 Å². The maximum Gasteiger partial charge on any atom is 0.275 e. The number of quaternary nitrogens is 1. The van der Waals surface area contributed by atoms with Crippen LogP contribution in [0.1, 0.15) is 55.3 Å². The van der Waals surface area contributed by atoms with E-state index in [1.807, 2.05) is 0 Å². The van der Waals surface area contributed by atoms with Crippen molar-refractivity contribution in [1.82, 2.24) is 5.32 Å². The van der Waals surface area contributed by atoms with Gasteiger partial charge in [0.25, 0.3) is 5.91 Å². The molecule has 1 aromatic carbocycles. The van der Waals surface area contributed by atoms with Crippen molar-refractivity contribution >= 4 is 11.7 Å². The molecule has 136 valence electrons. The number of nitrogens with one attached hydrogen (secondary N) is 2. The minimum Gasteiger partial charge on any atom is -0.348 e. The number of piperidine rings is 1. The van der Waals surface area contributed by atoms with E-state index in [2.05, 4.69) is 5.32 Å². The molecule has 1 saturated carbocycles. The number of ketones is 1. The Hall–Kier alpha value is -1.75. The zero-order valence-electron chi connectivity index (χ0n) is 14.7. The molecule has 25 heavy (non-hydrogen) atoms. The largest absolute Gasteiger partial charge is 0.348 e. The van der Waals surface area contributed by atoms with E-state index in [1.54, 1.807) is 12.1 Å². The number of Topliss-reactive ketones (excluding diaryl/α,β-unsaturated/α-hetero) is 1. The first kappa shape index (κ1) is 18.1. The molecule has 1 aliphatic heterocycles. The molecule has 1 aromatic rings. The molecule has 5 heteroatoms. The summed E-state index contributed by atoms with van der Waals surface area (Å²) in [6, 6.07) is 6.16. The van der Waals surface area contributed by atoms with Crippen LogP contribution in [-0.2, 0) is 4.79 Å². The topological polar surface area (TPSA) is 50.6 Å². The second-order valence-corrected chi connectivity index (χ2v) is 7.47. The van der Waals surface area contributed by atoms with Gasteiger partial charge in [0.15, 0.2) is 12.3 Å². The predicted octanol–water partition coefficient (Wildman–Crippen LogP) is 1.75. The van der Waals surface area contributed by atoms with Crippen LogP contribution in [0.15, 0.2) is 24.3 Å². The lowest BCUT2D eigenvalue weighted by atomic mass is 9.89. The summed E-state index contributed by atoms with van der Waals surface area (Å²) in [7, 11) is 0. The van der Waals surface area contributed by atoms with Gasteiger partial charge in [0.1, 0.15) is 5.82 Å². The second-order valence-electron chi connectivity index (χ2n) is 7.47. The highest BCUT2D eigenvalue weighted by atomic mass is 19.1. The molecule has 0 radical (unpaired) electrons. The number of benzene rings is 1. The molecule has 4 nitrogen and oxygen atoms in total. The van der Waals surface area contributed by atoms with E-state index < -0.39 is 0 Å². The van der Waals surface area contributed by atoms with Gasteiger partial charge in [-0.25, -0.2) is 4.39 Å². The number of hydrogen-bond donors (Lipinski definition) is 2. The predicted molar refractivity (Wildman–Crippen MR) is 94.0 cm³/mol. The summed E-state index contributed by atoms with van der Waals surface area (Å²) in [5.41, 5.74) is 0.588. The monoisotopic (exact) mass is 347 g/mol. The van der Waals surface area contributed by atoms with Crippen molar-refractivity contribution < 1.29 is 18.9 Å². The fourth-order valence-corrected chi connectivity index (χ4v) is 4.07. The number of carbonyl (C=O) groups excluding carboxylic acids is 2. The lowest BCUT2D eigenvalue weighted by molar-refractivity contribution is -0.897. The summed E-state index contributed by atoms with van der Waals surface area (Å²) in [5, 5.41) is 3.17. The molecule has 0 bridgehead atoms. The molecule has 0 spiro atoms. The van der Waals surface area contributed by atoms with Crippen LogP contribution in [0, 0.1) is 11.7 Å². The Kier molecular flexibility index (Phi) is 6.19. The molecule has 2 aliphatic rings. The molecule has 3 rings (SSSR count). The lowest BCUT2D eigenvalue weighted by Gasteiger charge is -2.29. The molecule has 0 aromatic heterocycles. The summed E-state index contributed by atoms with van der Waals surface area (Å²) in [6.07, 6.45) is 7.52. The molecular formula is C20H28FN2O2+. The second kappa shape index (κ2) is 8.56. The Morgan fingerprint density at radius 3 is 2.28 bits per heavy atom. The molecule has 1 amide bonds. The molecule has 0 atom stereocenters. The van der Waals surface area contributed by atoms with E-state index in [0.717, 1.165) is 38.8 Å². The van der Waals surface area contributed by atoms with Gasteiger partial charge < -0.3 is 10.2 Å². The van der Waals surface area contributed by atoms with Gasteiger partial charge in [-0.1, -0.05) is 19.3 Å². The van der Waals surface area contributed by atoms with Gasteiger partial charge in [-0.2, -0.15) is 0 Å². The minimum atomic E-state index is -0.320. The summed E-state index contributed by atoms with van der Waals surface area (Å²) >= 11 is 0. The first-order valence-corrected chi connectivity index (χ1v) is 9.54. The van der Waals surface area contributed by atoms with Crippen LogP contribution in [0.2, 0.25) is 0 Å². The van der Waals surface area contributed by atoms with Crippen LogP contribution in [0.25, 0.3) is 0 Å². The third-order valence-corrected chi connectivity index (χ3v) is 5.57. The standard InChI is InChI=1S/C20H27FN2O2/c21-17-8-6-15(7-9-17)20(25)16-10-12-23(13-11-16)14-19(24)22-18-4-2-1-3-5-18/h6-9,16,18H,1-5,10-14H2,(H,22,24)/p+1. The molecule has 1 saturated heterocycles. The smallest absolute Gasteiger partial charge is 0.275 e. The van der Waals surface area contributed by atoms with Crippen molar-refractivity contribution in [3.8, 4) is 0 Å². The highest BCUT2D eigenvalue weighted by molar-refractivity contribution is 5.97. The minimum absolute atomic E-state index is 0.00406. The Bertz CT molecular complexity index is 588. The van der Waals surface area contributed by atoms with E-state index in [-0.39, 0.29) is 23.4 Å². The van der Waals surface area contributed by atoms with Crippen molar-refractivity contribution in [2.45, 2.75) is 51.0 Å². The van der Waals surface area contributed by atoms with E-state index in [9.17, 15) is 14.0 Å². The summed E-state index contributed by atoms with van der Waals surface area (Å²) in [4.78, 5) is 26.0. The third kappa shape index (κ3) is 5.11. The van der Waals surface area contributed by atoms with E-state index in [1.165, 1.54) is 36.3 Å². The highest BCUT2D eigenvalue weighted by Crippen LogP contribution is 2.18. The maximum atomic E-state index is 13.0. The Morgan fingerprint density at radius 1 is 1.00 bits per heavy atom. The third-order valence-electron chi connectivity index (χ3n) is 5.57. The zero-order chi connectivity index (χ0) is 17.6. The van der Waals surface area contributed by atoms with Crippen LogP contribution in [0.5, 0.6) is 0 Å². The first-order valence-electron chi connectivity index (χ1n) is 9.54. The first-order chi connectivity index (χ1) is 12.1. The Morgan fingerprint density at radius 2 is 1.64 bits per heavy atom. The van der Waals surface area contributed by atoms with E-state index in [0.29, 0.717) is 18.2 Å². The molecule has 2 fully saturated rings. The highest BCUT2D eigenvalue weighted by Gasteiger charge is 2.29. The summed E-state index contributed by atoms with van der Waals surface area (Å²) in [5.74, 6) is -0.0775. The average molecular weight is 347 g/mol. The van der Waals surface area contributed by atoms with E-state index in [4.69, 9.17) is 0 Å². The molecule has 1 aliphatic carbocycles. The van der Waals surface area contributed by atoms with Crippen molar-refractivity contribution in [3.05, 3.63) is 35.6 Å². The maximum absolute atomic E-state index is 13.0. The zero-order valence-corrected chi connectivity index (χ0v) is 14.7. The molecule has 0 unspecified atom stereocenters. The van der Waals surface area contributed by atoms with Gasteiger partial charge >= 0.3 is 0 Å². The normalized spacial score (nSPS) is 24.7. The van der Waals surface area contributed by atoms with Crippen molar-refractivity contribution in [3.63, 3.8) is 0 Å². The Labute approximate surface area is 148 Å². The number of rotatable bonds is 5.